The molecule has 2 rings (SSSR count). The fraction of sp³-hybridized carbons (Fsp3) is 0.647. The second-order valence-electron chi connectivity index (χ2n) is 6.02. The zero-order valence-corrected chi connectivity index (χ0v) is 13.1. The molecule has 0 aromatic heterocycles. The van der Waals surface area contributed by atoms with Crippen molar-refractivity contribution in [2.45, 2.75) is 53.0 Å². The minimum absolute atomic E-state index is 0.0706. The Morgan fingerprint density at radius 2 is 1.95 bits per heavy atom. The quantitative estimate of drug-likeness (QED) is 0.662. The van der Waals surface area contributed by atoms with Crippen LogP contribution >= 0.6 is 0 Å². The van der Waals surface area contributed by atoms with Crippen molar-refractivity contribution in [2.75, 3.05) is 7.05 Å². The van der Waals surface area contributed by atoms with Gasteiger partial charge in [0.15, 0.2) is 0 Å². The van der Waals surface area contributed by atoms with Crippen molar-refractivity contribution >= 4 is 11.4 Å². The Bertz CT molecular complexity index is 493. The van der Waals surface area contributed by atoms with Crippen LogP contribution in [-0.4, -0.2) is 24.0 Å². The second kappa shape index (κ2) is 5.07. The van der Waals surface area contributed by atoms with Gasteiger partial charge in [0.05, 0.1) is 17.0 Å². The van der Waals surface area contributed by atoms with Gasteiger partial charge < -0.3 is 0 Å². The first-order chi connectivity index (χ1) is 8.96. The van der Waals surface area contributed by atoms with Crippen LogP contribution in [0.2, 0.25) is 0 Å². The lowest BCUT2D eigenvalue weighted by Crippen LogP contribution is -2.42. The lowest BCUT2D eigenvalue weighted by molar-refractivity contribution is 0.245. The fourth-order valence-electron chi connectivity index (χ4n) is 3.15. The van der Waals surface area contributed by atoms with E-state index in [0.717, 1.165) is 18.6 Å². The van der Waals surface area contributed by atoms with Crippen LogP contribution < -0.4 is 0 Å². The van der Waals surface area contributed by atoms with Gasteiger partial charge in [0, 0.05) is 7.05 Å². The largest absolute Gasteiger partial charge is 0.289 e. The molecule has 0 saturated carbocycles. The average Bonchev–Trinajstić information content (AvgIpc) is 2.44. The van der Waals surface area contributed by atoms with Crippen LogP contribution in [0.25, 0.3) is 0 Å². The molecule has 0 radical (unpaired) electrons. The van der Waals surface area contributed by atoms with Crippen LogP contribution in [0.5, 0.6) is 0 Å². The zero-order valence-electron chi connectivity index (χ0n) is 13.1. The maximum atomic E-state index is 5.13. The minimum Gasteiger partial charge on any atom is -0.289 e. The van der Waals surface area contributed by atoms with Gasteiger partial charge in [0.25, 0.3) is 0 Å². The molecule has 0 bridgehead atoms. The second-order valence-corrected chi connectivity index (χ2v) is 6.02. The van der Waals surface area contributed by atoms with E-state index in [0.29, 0.717) is 11.8 Å². The van der Waals surface area contributed by atoms with E-state index in [1.54, 1.807) is 0 Å². The van der Waals surface area contributed by atoms with Crippen LogP contribution in [0.3, 0.4) is 0 Å². The van der Waals surface area contributed by atoms with E-state index in [9.17, 15) is 0 Å². The van der Waals surface area contributed by atoms with E-state index in [4.69, 9.17) is 4.99 Å². The summed E-state index contributed by atoms with van der Waals surface area (Å²) >= 11 is 0. The topological polar surface area (TPSA) is 24.7 Å². The van der Waals surface area contributed by atoms with Crippen LogP contribution in [0.15, 0.2) is 33.3 Å². The maximum Gasteiger partial charge on any atom is 0.0649 e. The van der Waals surface area contributed by atoms with Crippen LogP contribution in [-0.2, 0) is 0 Å². The van der Waals surface area contributed by atoms with Crippen molar-refractivity contribution in [1.82, 2.24) is 0 Å². The number of rotatable bonds is 2. The number of hydrogen-bond acceptors (Lipinski definition) is 2. The van der Waals surface area contributed by atoms with E-state index >= 15 is 0 Å². The minimum atomic E-state index is 0.0706. The third-order valence-electron chi connectivity index (χ3n) is 5.15. The molecule has 1 aliphatic carbocycles. The van der Waals surface area contributed by atoms with Crippen LogP contribution in [0.4, 0.5) is 0 Å². The average molecular weight is 258 g/mol. The lowest BCUT2D eigenvalue weighted by atomic mass is 9.68. The van der Waals surface area contributed by atoms with Gasteiger partial charge in [-0.2, -0.15) is 0 Å². The number of allylic oxidation sites excluding steroid dienone is 4. The van der Waals surface area contributed by atoms with Gasteiger partial charge in [-0.15, -0.1) is 0 Å². The van der Waals surface area contributed by atoms with Gasteiger partial charge in [-0.05, 0) is 54.9 Å². The van der Waals surface area contributed by atoms with Gasteiger partial charge in [0.1, 0.15) is 0 Å². The first-order valence-electron chi connectivity index (χ1n) is 7.46. The van der Waals surface area contributed by atoms with Crippen molar-refractivity contribution in [3.63, 3.8) is 0 Å². The Hall–Kier alpha value is -1.18. The number of aliphatic imine (C=N–C) groups is 2. The SMILES string of the molecule is CCC1=CC(=NC)C=C2C1=NC(C)(CC)C(C)C2C. The summed E-state index contributed by atoms with van der Waals surface area (Å²) in [7, 11) is 1.87. The monoisotopic (exact) mass is 258 g/mol. The summed E-state index contributed by atoms with van der Waals surface area (Å²) in [5.41, 5.74) is 5.13. The summed E-state index contributed by atoms with van der Waals surface area (Å²) in [4.78, 5) is 9.49. The Morgan fingerprint density at radius 1 is 1.26 bits per heavy atom. The van der Waals surface area contributed by atoms with E-state index in [1.807, 2.05) is 7.05 Å². The molecule has 2 nitrogen and oxygen atoms in total. The van der Waals surface area contributed by atoms with Crippen LogP contribution in [0, 0.1) is 11.8 Å². The molecule has 0 aromatic carbocycles. The lowest BCUT2D eigenvalue weighted by Gasteiger charge is -2.43. The van der Waals surface area contributed by atoms with Crippen LogP contribution in [0.1, 0.15) is 47.5 Å². The Kier molecular flexibility index (Phi) is 3.80. The molecule has 1 aliphatic heterocycles. The van der Waals surface area contributed by atoms with Gasteiger partial charge in [-0.1, -0.05) is 27.7 Å². The van der Waals surface area contributed by atoms with Crippen molar-refractivity contribution in [2.24, 2.45) is 21.8 Å². The Labute approximate surface area is 117 Å². The third kappa shape index (κ3) is 2.22. The fourth-order valence-corrected chi connectivity index (χ4v) is 3.15. The molecular weight excluding hydrogens is 232 g/mol. The molecule has 0 amide bonds. The molecular formula is C17H26N2. The highest BCUT2D eigenvalue weighted by atomic mass is 14.9. The molecule has 1 heterocycles. The van der Waals surface area contributed by atoms with Crippen molar-refractivity contribution < 1.29 is 0 Å². The van der Waals surface area contributed by atoms with Gasteiger partial charge in [0.2, 0.25) is 0 Å². The van der Waals surface area contributed by atoms with Crippen molar-refractivity contribution in [3.8, 4) is 0 Å². The summed E-state index contributed by atoms with van der Waals surface area (Å²) < 4.78 is 0. The van der Waals surface area contributed by atoms with Crippen molar-refractivity contribution in [3.05, 3.63) is 23.3 Å². The van der Waals surface area contributed by atoms with Gasteiger partial charge >= 0.3 is 0 Å². The molecule has 0 N–H and O–H groups in total. The molecule has 0 fully saturated rings. The third-order valence-corrected chi connectivity index (χ3v) is 5.15. The first kappa shape index (κ1) is 14.2. The maximum absolute atomic E-state index is 5.13. The predicted octanol–water partition coefficient (Wildman–Crippen LogP) is 4.23. The molecule has 3 atom stereocenters. The number of nitrogens with zero attached hydrogens (tertiary/aromatic N) is 2. The normalized spacial score (nSPS) is 36.5. The summed E-state index contributed by atoms with van der Waals surface area (Å²) in [5.74, 6) is 1.12. The molecule has 0 aromatic rings. The van der Waals surface area contributed by atoms with E-state index in [2.05, 4.69) is 51.8 Å². The molecule has 0 saturated heterocycles. The highest BCUT2D eigenvalue weighted by Crippen LogP contribution is 2.42. The number of fused-ring (bicyclic) bond motifs is 1. The van der Waals surface area contributed by atoms with E-state index < -0.39 is 0 Å². The summed E-state index contributed by atoms with van der Waals surface area (Å²) in [6.07, 6.45) is 6.55. The van der Waals surface area contributed by atoms with E-state index in [1.165, 1.54) is 16.9 Å². The summed E-state index contributed by atoms with van der Waals surface area (Å²) in [6.45, 7) is 11.4. The van der Waals surface area contributed by atoms with Crippen molar-refractivity contribution in [1.29, 1.82) is 0 Å². The number of hydrogen-bond donors (Lipinski definition) is 0. The smallest absolute Gasteiger partial charge is 0.0649 e. The predicted molar refractivity (Wildman–Crippen MR) is 84.3 cm³/mol. The highest BCUT2D eigenvalue weighted by molar-refractivity contribution is 6.24. The molecule has 2 aliphatic rings. The van der Waals surface area contributed by atoms with E-state index in [-0.39, 0.29) is 5.54 Å². The Balaban J connectivity index is 2.59. The summed E-state index contributed by atoms with van der Waals surface area (Å²) in [6, 6.07) is 0. The zero-order chi connectivity index (χ0) is 14.2. The van der Waals surface area contributed by atoms with Gasteiger partial charge in [-0.3, -0.25) is 9.98 Å². The molecule has 104 valence electrons. The molecule has 3 unspecified atom stereocenters. The molecule has 0 spiro atoms. The molecule has 2 heteroatoms. The van der Waals surface area contributed by atoms with Gasteiger partial charge in [-0.25, -0.2) is 0 Å². The summed E-state index contributed by atoms with van der Waals surface area (Å²) in [5, 5.41) is 0. The first-order valence-corrected chi connectivity index (χ1v) is 7.46. The molecule has 19 heavy (non-hydrogen) atoms. The standard InChI is InChI=1S/C17H26N2/c1-7-13-9-14(18-6)10-15-11(3)12(4)17(5,8-2)19-16(13)15/h9-12H,7-8H2,1-6H3. The highest BCUT2D eigenvalue weighted by Gasteiger charge is 2.41. The Morgan fingerprint density at radius 3 is 2.47 bits per heavy atom.